The summed E-state index contributed by atoms with van der Waals surface area (Å²) in [6, 6.07) is 29.8. The Kier molecular flexibility index (Phi) is 22.0. The van der Waals surface area contributed by atoms with Gasteiger partial charge in [0.05, 0.1) is 151 Å². The van der Waals surface area contributed by atoms with Crippen LogP contribution in [0.15, 0.2) is 134 Å². The van der Waals surface area contributed by atoms with Gasteiger partial charge in [-0.25, -0.2) is 24.9 Å². The summed E-state index contributed by atoms with van der Waals surface area (Å²) >= 11 is 8.37. The van der Waals surface area contributed by atoms with E-state index in [4.69, 9.17) is 33.4 Å². The predicted octanol–water partition coefficient (Wildman–Crippen LogP) is 13.4. The van der Waals surface area contributed by atoms with Crippen molar-refractivity contribution in [3.8, 4) is 52.9 Å². The number of aromatic amines is 5. The van der Waals surface area contributed by atoms with Gasteiger partial charge in [0.25, 0.3) is 0 Å². The Bertz CT molecular complexity index is 5600. The summed E-state index contributed by atoms with van der Waals surface area (Å²) in [5.74, 6) is 3.42. The van der Waals surface area contributed by atoms with Crippen molar-refractivity contribution in [2.75, 3.05) is 102 Å². The molecule has 0 aromatic carbocycles. The number of rotatable bonds is 19. The Morgan fingerprint density at radius 3 is 1.27 bits per heavy atom. The topological polar surface area (TPSA) is 449 Å². The molecule has 0 bridgehead atoms. The molecule has 35 heteroatoms. The minimum absolute atomic E-state index is 0.0438. The van der Waals surface area contributed by atoms with Crippen molar-refractivity contribution >= 4 is 165 Å². The van der Waals surface area contributed by atoms with Crippen molar-refractivity contribution in [2.45, 2.75) is 70.2 Å². The molecule has 16 aromatic rings. The normalized spacial score (nSPS) is 15.3. The zero-order valence-electron chi connectivity index (χ0n) is 59.3. The number of nitrogens with one attached hydrogen (secondary N) is 10. The van der Waals surface area contributed by atoms with E-state index < -0.39 is 0 Å². The largest absolute Gasteiger partial charge is 0.394 e. The molecule has 2 aliphatic heterocycles. The molecule has 2 saturated heterocycles. The van der Waals surface area contributed by atoms with Gasteiger partial charge in [0.1, 0.15) is 29.1 Å². The first-order valence-electron chi connectivity index (χ1n) is 35.3. The number of aromatic nitrogens is 17. The lowest BCUT2D eigenvalue weighted by molar-refractivity contribution is 0.120. The van der Waals surface area contributed by atoms with Crippen LogP contribution in [0, 0.1) is 5.92 Å². The summed E-state index contributed by atoms with van der Waals surface area (Å²) in [6.45, 7) is 7.57. The molecule has 16 aromatic heterocycles. The Morgan fingerprint density at radius 2 is 0.898 bits per heavy atom. The fourth-order valence-electron chi connectivity index (χ4n) is 12.6. The monoisotopic (exact) mass is 1540 g/mol. The van der Waals surface area contributed by atoms with Gasteiger partial charge in [-0.2, -0.15) is 30.6 Å². The minimum Gasteiger partial charge on any atom is -0.394 e. The van der Waals surface area contributed by atoms with Crippen LogP contribution in [-0.4, -0.2) is 160 Å². The third-order valence-corrected chi connectivity index (χ3v) is 24.0. The highest BCUT2D eigenvalue weighted by atomic mass is 32.1. The predicted molar refractivity (Wildman–Crippen MR) is 442 cm³/mol. The molecule has 0 radical (unpaired) electrons. The standard InChI is InChI=1S/C16H20N6S.C15H15N7S.C15H17N5OS.C14H15N5S.C13H15N5OS/c1-22-6-2-3-10(9-22)19-13-8-15(17)20-12-7-14(23-16(12)13)11-4-5-18-21-11;1-22-8-9(7-19-22)6-17-11-5-14(16)20-12-4-13(23-15(11)12)10-2-3-18-21-10;16-14-7-11(17-8-9-2-1-5-21-9)15-12(19-14)6-13(22-15)10-3-4-18-20-10;15-13-6-10(16-7-8-1-2-8)14-11(18-13)5-12(20-14)9-3-4-17-19-9;1-7(6-19)16-10-5-12(14)17-9-4-11(20-13(9)10)8-2-3-15-18-8/h4-5,7-8,10H,2-3,6,9H2,1H3,(H,18,21)(H3,17,19,20);2-5,7-8H,6H2,1H3,(H,18,21)(H3,16,17,20);3-4,6-7,9H,1-2,5,8H2,(H,18,20)(H3,16,17,19);3-6,8H,1-2,7H2,(H,17,19)(H3,15,16,18);2-5,7,19H,6H2,1H3,(H,15,18)(H3,14,16,17)/t10-;;9-;;7-/m1.0.0/s1. The van der Waals surface area contributed by atoms with Crippen LogP contribution < -0.4 is 55.3 Å². The second-order valence-electron chi connectivity index (χ2n) is 26.6. The maximum absolute atomic E-state index is 9.17. The Hall–Kier alpha value is -11.3. The number of pyridine rings is 5. The molecule has 19 rings (SSSR count). The van der Waals surface area contributed by atoms with Gasteiger partial charge >= 0.3 is 0 Å². The van der Waals surface area contributed by atoms with Crippen molar-refractivity contribution in [3.05, 3.63) is 140 Å². The number of nitrogens with zero attached hydrogens (tertiary/aromatic N) is 13. The van der Waals surface area contributed by atoms with Gasteiger partial charge in [0, 0.05) is 125 Å². The Labute approximate surface area is 639 Å². The summed E-state index contributed by atoms with van der Waals surface area (Å²) in [5, 5.41) is 65.6. The number of aryl methyl sites for hydroxylation is 1. The van der Waals surface area contributed by atoms with E-state index in [2.05, 4.69) is 132 Å². The zero-order chi connectivity index (χ0) is 74.2. The van der Waals surface area contributed by atoms with E-state index in [0.717, 1.165) is 183 Å². The quantitative estimate of drug-likeness (QED) is 0.0357. The van der Waals surface area contributed by atoms with Crippen molar-refractivity contribution in [1.29, 1.82) is 0 Å². The molecule has 30 nitrogen and oxygen atoms in total. The highest BCUT2D eigenvalue weighted by Crippen LogP contribution is 2.43. The molecule has 556 valence electrons. The SMILES string of the molecule is CN1CCC[C@@H](Nc2cc(N)nc3cc(-c4ccn[nH]4)sc23)C1.C[C@@H](CO)Nc1cc(N)nc2cc(-c3ccn[nH]3)sc12.Cn1cc(CNc2cc(N)nc3cc(-c4ccn[nH]4)sc23)cn1.Nc1cc(NCC2CC2)c2sc(-c3ccn[nH]3)cc2n1.Nc1cc(NC[C@@H]2CCCO2)c2sc(-c3ccn[nH]3)cc2n1. The number of H-pyrrole nitrogens is 5. The maximum Gasteiger partial charge on any atom is 0.126 e. The number of likely N-dealkylation sites (N-methyl/N-ethyl adjacent to an activating group) is 1. The number of nitrogen functional groups attached to an aromatic ring is 5. The average Bonchev–Trinajstić information content (AvgIpc) is 1.65. The first-order valence-corrected chi connectivity index (χ1v) is 39.3. The van der Waals surface area contributed by atoms with Gasteiger partial charge in [-0.15, -0.1) is 56.7 Å². The number of likely N-dealkylation sites (tertiary alicyclic amines) is 1. The number of hydrogen-bond donors (Lipinski definition) is 16. The minimum atomic E-state index is -0.0438. The number of aliphatic hydroxyl groups excluding tert-OH is 1. The van der Waals surface area contributed by atoms with E-state index in [1.165, 1.54) is 32.2 Å². The molecule has 3 atom stereocenters. The molecule has 0 spiro atoms. The molecule has 18 heterocycles. The maximum atomic E-state index is 9.17. The lowest BCUT2D eigenvalue weighted by Gasteiger charge is -2.31. The van der Waals surface area contributed by atoms with Crippen LogP contribution in [-0.2, 0) is 18.3 Å². The summed E-state index contributed by atoms with van der Waals surface area (Å²) in [5.41, 5.74) is 45.3. The molecular weight excluding hydrogens is 1460 g/mol. The molecule has 21 N–H and O–H groups in total. The molecule has 1 aliphatic carbocycles. The molecular formula is C73H82N28O2S5. The fourth-order valence-corrected chi connectivity index (χ4v) is 17.9. The van der Waals surface area contributed by atoms with Crippen LogP contribution in [0.1, 0.15) is 51.0 Å². The van der Waals surface area contributed by atoms with E-state index in [1.807, 2.05) is 99.2 Å². The van der Waals surface area contributed by atoms with Crippen LogP contribution >= 0.6 is 56.7 Å². The third kappa shape index (κ3) is 17.5. The average molecular weight is 1540 g/mol. The van der Waals surface area contributed by atoms with E-state index >= 15 is 0 Å². The number of nitrogens with two attached hydrogens (primary N) is 5. The molecule has 0 amide bonds. The van der Waals surface area contributed by atoms with E-state index in [9.17, 15) is 5.11 Å². The van der Waals surface area contributed by atoms with Crippen LogP contribution in [0.2, 0.25) is 0 Å². The van der Waals surface area contributed by atoms with Crippen molar-refractivity contribution in [2.24, 2.45) is 13.0 Å². The van der Waals surface area contributed by atoms with E-state index in [0.29, 0.717) is 41.7 Å². The number of ether oxygens (including phenoxy) is 1. The molecule has 0 unspecified atom stereocenters. The number of thiophene rings is 5. The van der Waals surface area contributed by atoms with E-state index in [1.54, 1.807) is 98.4 Å². The summed E-state index contributed by atoms with van der Waals surface area (Å²) in [7, 11) is 4.08. The Balaban J connectivity index is 0.000000108. The lowest BCUT2D eigenvalue weighted by Crippen LogP contribution is -2.39. The number of hydrogen-bond acceptors (Lipinski definition) is 29. The van der Waals surface area contributed by atoms with Crippen LogP contribution in [0.25, 0.3) is 104 Å². The first kappa shape index (κ1) is 72.3. The summed E-state index contributed by atoms with van der Waals surface area (Å²) in [4.78, 5) is 30.0. The number of piperidine rings is 1. The summed E-state index contributed by atoms with van der Waals surface area (Å²) in [6.07, 6.45) is 20.2. The molecule has 108 heavy (non-hydrogen) atoms. The van der Waals surface area contributed by atoms with Gasteiger partial charge in [0.2, 0.25) is 0 Å². The van der Waals surface area contributed by atoms with Crippen LogP contribution in [0.5, 0.6) is 0 Å². The molecule has 3 aliphatic rings. The zero-order valence-corrected chi connectivity index (χ0v) is 63.4. The van der Waals surface area contributed by atoms with Gasteiger partial charge in [-0.05, 0) is 126 Å². The van der Waals surface area contributed by atoms with Crippen molar-refractivity contribution < 1.29 is 9.84 Å². The van der Waals surface area contributed by atoms with Gasteiger partial charge in [-0.1, -0.05) is 0 Å². The smallest absolute Gasteiger partial charge is 0.126 e. The van der Waals surface area contributed by atoms with Gasteiger partial charge < -0.3 is 70.0 Å². The van der Waals surface area contributed by atoms with Crippen LogP contribution in [0.3, 0.4) is 0 Å². The number of anilines is 10. The Morgan fingerprint density at radius 1 is 0.500 bits per heavy atom. The highest BCUT2D eigenvalue weighted by Gasteiger charge is 2.24. The molecule has 3 fully saturated rings. The highest BCUT2D eigenvalue weighted by molar-refractivity contribution is 7.24. The summed E-state index contributed by atoms with van der Waals surface area (Å²) < 4.78 is 13.0. The number of aliphatic hydroxyl groups is 1. The lowest BCUT2D eigenvalue weighted by atomic mass is 10.1. The van der Waals surface area contributed by atoms with Gasteiger partial charge in [-0.3, -0.25) is 30.2 Å². The third-order valence-electron chi connectivity index (χ3n) is 18.0. The second kappa shape index (κ2) is 32.8. The fraction of sp³-hybridized carbons (Fsp3) is 0.274. The molecule has 1 saturated carbocycles. The number of fused-ring (bicyclic) bond motifs is 5. The van der Waals surface area contributed by atoms with E-state index in [-0.39, 0.29) is 18.8 Å². The van der Waals surface area contributed by atoms with Gasteiger partial charge in [0.15, 0.2) is 0 Å². The van der Waals surface area contributed by atoms with Crippen molar-refractivity contribution in [1.82, 2.24) is 90.6 Å². The first-order chi connectivity index (χ1) is 52.6. The second-order valence-corrected chi connectivity index (χ2v) is 31.9. The van der Waals surface area contributed by atoms with Crippen LogP contribution in [0.4, 0.5) is 57.5 Å². The van der Waals surface area contributed by atoms with Crippen molar-refractivity contribution in [3.63, 3.8) is 0 Å².